The van der Waals surface area contributed by atoms with Crippen LogP contribution in [0.25, 0.3) is 0 Å². The van der Waals surface area contributed by atoms with Gasteiger partial charge in [-0.3, -0.25) is 9.79 Å². The Morgan fingerprint density at radius 1 is 1.22 bits per heavy atom. The number of nitrogens with zero attached hydrogens (tertiary/aromatic N) is 3. The summed E-state index contributed by atoms with van der Waals surface area (Å²) in [6.07, 6.45) is 0. The van der Waals surface area contributed by atoms with E-state index < -0.39 is 0 Å². The molecule has 8 heteroatoms. The van der Waals surface area contributed by atoms with Crippen LogP contribution < -0.4 is 10.6 Å². The molecule has 0 bridgehead atoms. The van der Waals surface area contributed by atoms with E-state index in [4.69, 9.17) is 0 Å². The van der Waals surface area contributed by atoms with Crippen molar-refractivity contribution in [1.82, 2.24) is 20.5 Å². The van der Waals surface area contributed by atoms with Crippen molar-refractivity contribution in [2.45, 2.75) is 27.3 Å². The van der Waals surface area contributed by atoms with E-state index in [1.165, 1.54) is 22.5 Å². The molecule has 0 aliphatic heterocycles. The highest BCUT2D eigenvalue weighted by Crippen LogP contribution is 2.11. The Balaban J connectivity index is 0.00000364. The third-order valence-corrected chi connectivity index (χ3v) is 4.77. The lowest BCUT2D eigenvalue weighted by Crippen LogP contribution is -2.39. The molecular weight excluding hydrogens is 473 g/mol. The molecule has 0 fully saturated rings. The Bertz CT molecular complexity index is 745. The highest BCUT2D eigenvalue weighted by molar-refractivity contribution is 14.0. The van der Waals surface area contributed by atoms with Crippen LogP contribution in [0.1, 0.15) is 33.4 Å². The number of hydrogen-bond donors (Lipinski definition) is 2. The minimum Gasteiger partial charge on any atom is -0.357 e. The maximum absolute atomic E-state index is 12.1. The van der Waals surface area contributed by atoms with Crippen molar-refractivity contribution in [2.24, 2.45) is 4.99 Å². The quantitative estimate of drug-likeness (QED) is 0.265. The van der Waals surface area contributed by atoms with Gasteiger partial charge in [0.15, 0.2) is 5.96 Å². The summed E-state index contributed by atoms with van der Waals surface area (Å²) in [5.74, 6) is 0.745. The average Bonchev–Trinajstić information content (AvgIpc) is 3.05. The van der Waals surface area contributed by atoms with E-state index in [2.05, 4.69) is 56.7 Å². The topological polar surface area (TPSA) is 69.6 Å². The molecule has 0 atom stereocenters. The highest BCUT2D eigenvalue weighted by Gasteiger charge is 2.11. The molecule has 2 aromatic rings. The maximum atomic E-state index is 12.1. The number of benzene rings is 1. The van der Waals surface area contributed by atoms with Crippen LogP contribution in [0, 0.1) is 13.8 Å². The normalized spacial score (nSPS) is 10.9. The zero-order valence-corrected chi connectivity index (χ0v) is 19.4. The van der Waals surface area contributed by atoms with Crippen LogP contribution in [0.2, 0.25) is 0 Å². The molecule has 148 valence electrons. The number of hydrogen-bond acceptors (Lipinski definition) is 4. The molecule has 0 aliphatic carbocycles. The molecule has 1 amide bonds. The van der Waals surface area contributed by atoms with E-state index >= 15 is 0 Å². The first-order valence-electron chi connectivity index (χ1n) is 8.74. The fourth-order valence-corrected chi connectivity index (χ4v) is 3.16. The maximum Gasteiger partial charge on any atom is 0.263 e. The van der Waals surface area contributed by atoms with Crippen molar-refractivity contribution in [2.75, 3.05) is 26.7 Å². The Morgan fingerprint density at radius 3 is 2.52 bits per heavy atom. The van der Waals surface area contributed by atoms with Crippen molar-refractivity contribution >= 4 is 47.2 Å². The van der Waals surface area contributed by atoms with Crippen LogP contribution >= 0.6 is 35.3 Å². The lowest BCUT2D eigenvalue weighted by molar-refractivity contribution is 0.0958. The number of aryl methyl sites for hydroxylation is 2. The third-order valence-electron chi connectivity index (χ3n) is 3.85. The first kappa shape index (κ1) is 23.4. The van der Waals surface area contributed by atoms with Gasteiger partial charge >= 0.3 is 0 Å². The largest absolute Gasteiger partial charge is 0.357 e. The second-order valence-corrected chi connectivity index (χ2v) is 6.95. The molecule has 6 nitrogen and oxygen atoms in total. The van der Waals surface area contributed by atoms with Gasteiger partial charge in [0, 0.05) is 26.7 Å². The summed E-state index contributed by atoms with van der Waals surface area (Å²) in [4.78, 5) is 23.5. The van der Waals surface area contributed by atoms with Gasteiger partial charge in [0.05, 0.1) is 17.7 Å². The molecule has 0 saturated heterocycles. The monoisotopic (exact) mass is 501 g/mol. The standard InChI is InChI=1S/C19H27N5OS.HI/c1-5-20-19(24(4)12-16-8-6-14(2)7-9-16)22-11-10-21-18(25)17-15(3)23-13-26-17;/h6-9,13H,5,10-12H2,1-4H3,(H,20,22)(H,21,25);1H. The number of thiazole rings is 1. The van der Waals surface area contributed by atoms with E-state index in [0.717, 1.165) is 24.7 Å². The number of amides is 1. The van der Waals surface area contributed by atoms with Gasteiger partial charge in [0.1, 0.15) is 4.88 Å². The van der Waals surface area contributed by atoms with Gasteiger partial charge in [-0.05, 0) is 26.3 Å². The van der Waals surface area contributed by atoms with Crippen molar-refractivity contribution in [3.05, 3.63) is 51.5 Å². The molecule has 0 saturated carbocycles. The molecule has 27 heavy (non-hydrogen) atoms. The van der Waals surface area contributed by atoms with E-state index in [9.17, 15) is 4.79 Å². The number of aromatic nitrogens is 1. The van der Waals surface area contributed by atoms with Gasteiger partial charge < -0.3 is 15.5 Å². The predicted octanol–water partition coefficient (Wildman–Crippen LogP) is 3.21. The van der Waals surface area contributed by atoms with E-state index in [-0.39, 0.29) is 29.9 Å². The van der Waals surface area contributed by atoms with Gasteiger partial charge in [-0.1, -0.05) is 29.8 Å². The average molecular weight is 501 g/mol. The molecule has 0 radical (unpaired) electrons. The first-order valence-corrected chi connectivity index (χ1v) is 9.62. The Kier molecular flexibility index (Phi) is 10.3. The number of halogens is 1. The molecule has 0 aliphatic rings. The van der Waals surface area contributed by atoms with Gasteiger partial charge in [0.2, 0.25) is 0 Å². The Hall–Kier alpha value is -1.68. The minimum absolute atomic E-state index is 0. The van der Waals surface area contributed by atoms with Crippen molar-refractivity contribution in [3.63, 3.8) is 0 Å². The van der Waals surface area contributed by atoms with Crippen LogP contribution in [0.3, 0.4) is 0 Å². The summed E-state index contributed by atoms with van der Waals surface area (Å²) in [7, 11) is 2.01. The van der Waals surface area contributed by atoms with Gasteiger partial charge in [-0.25, -0.2) is 4.98 Å². The van der Waals surface area contributed by atoms with Crippen LogP contribution in [0.15, 0.2) is 34.8 Å². The molecule has 1 aromatic heterocycles. The summed E-state index contributed by atoms with van der Waals surface area (Å²) >= 11 is 1.36. The molecule has 2 rings (SSSR count). The second-order valence-electron chi connectivity index (χ2n) is 6.10. The number of rotatable bonds is 7. The number of guanidine groups is 1. The van der Waals surface area contributed by atoms with Crippen molar-refractivity contribution < 1.29 is 4.79 Å². The number of nitrogens with one attached hydrogen (secondary N) is 2. The lowest BCUT2D eigenvalue weighted by Gasteiger charge is -2.22. The van der Waals surface area contributed by atoms with Gasteiger partial charge in [-0.2, -0.15) is 0 Å². The number of aliphatic imine (C=N–C) groups is 1. The van der Waals surface area contributed by atoms with Crippen molar-refractivity contribution in [1.29, 1.82) is 0 Å². The predicted molar refractivity (Wildman–Crippen MR) is 123 cm³/mol. The molecule has 1 aromatic carbocycles. The summed E-state index contributed by atoms with van der Waals surface area (Å²) in [6, 6.07) is 8.49. The smallest absolute Gasteiger partial charge is 0.263 e. The second kappa shape index (κ2) is 11.9. The summed E-state index contributed by atoms with van der Waals surface area (Å²) in [5.41, 5.74) is 4.94. The molecule has 1 heterocycles. The zero-order valence-electron chi connectivity index (χ0n) is 16.3. The summed E-state index contributed by atoms with van der Waals surface area (Å²) in [6.45, 7) is 8.55. The number of carbonyl (C=O) groups is 1. The SMILES string of the molecule is CCNC(=NCCNC(=O)c1scnc1C)N(C)Cc1ccc(C)cc1.I. The summed E-state index contributed by atoms with van der Waals surface area (Å²) < 4.78 is 0. The van der Waals surface area contributed by atoms with Crippen LogP contribution in [0.4, 0.5) is 0 Å². The van der Waals surface area contributed by atoms with Crippen LogP contribution in [-0.2, 0) is 6.54 Å². The van der Waals surface area contributed by atoms with Crippen LogP contribution in [-0.4, -0.2) is 48.4 Å². The zero-order chi connectivity index (χ0) is 18.9. The Labute approximate surface area is 182 Å². The minimum atomic E-state index is -0.0850. The highest BCUT2D eigenvalue weighted by atomic mass is 127. The van der Waals surface area contributed by atoms with E-state index in [1.54, 1.807) is 5.51 Å². The van der Waals surface area contributed by atoms with Gasteiger partial charge in [0.25, 0.3) is 5.91 Å². The number of carbonyl (C=O) groups excluding carboxylic acids is 1. The van der Waals surface area contributed by atoms with Gasteiger partial charge in [-0.15, -0.1) is 35.3 Å². The van der Waals surface area contributed by atoms with E-state index in [1.807, 2.05) is 20.9 Å². The molecule has 0 unspecified atom stereocenters. The molecule has 0 spiro atoms. The lowest BCUT2D eigenvalue weighted by atomic mass is 10.1. The fourth-order valence-electron chi connectivity index (χ4n) is 2.44. The third kappa shape index (κ3) is 7.45. The Morgan fingerprint density at radius 2 is 1.93 bits per heavy atom. The first-order chi connectivity index (χ1) is 12.5. The summed E-state index contributed by atoms with van der Waals surface area (Å²) in [5, 5.41) is 6.19. The van der Waals surface area contributed by atoms with Crippen LogP contribution in [0.5, 0.6) is 0 Å². The molecule has 2 N–H and O–H groups in total. The van der Waals surface area contributed by atoms with Crippen molar-refractivity contribution in [3.8, 4) is 0 Å². The molecular formula is C19H28IN5OS. The fraction of sp³-hybridized carbons (Fsp3) is 0.421. The van der Waals surface area contributed by atoms with E-state index in [0.29, 0.717) is 18.0 Å².